The van der Waals surface area contributed by atoms with E-state index in [2.05, 4.69) is 29.6 Å². The van der Waals surface area contributed by atoms with Gasteiger partial charge < -0.3 is 5.32 Å². The summed E-state index contributed by atoms with van der Waals surface area (Å²) in [5, 5.41) is 4.73. The van der Waals surface area contributed by atoms with Gasteiger partial charge in [0.1, 0.15) is 0 Å². The van der Waals surface area contributed by atoms with Gasteiger partial charge in [0.15, 0.2) is 0 Å². The molecule has 1 N–H and O–H groups in total. The maximum atomic E-state index is 6.16. The Balaban J connectivity index is 1.75. The van der Waals surface area contributed by atoms with Crippen molar-refractivity contribution in [1.29, 1.82) is 0 Å². The van der Waals surface area contributed by atoms with Crippen molar-refractivity contribution in [3.05, 3.63) is 58.1 Å². The number of benzene rings is 2. The van der Waals surface area contributed by atoms with E-state index in [1.165, 1.54) is 10.5 Å². The molecule has 98 valence electrons. The van der Waals surface area contributed by atoms with Gasteiger partial charge >= 0.3 is 0 Å². The van der Waals surface area contributed by atoms with E-state index in [0.29, 0.717) is 16.0 Å². The monoisotopic (exact) mass is 309 g/mol. The zero-order chi connectivity index (χ0) is 13.2. The Morgan fingerprint density at radius 3 is 2.58 bits per heavy atom. The molecule has 0 fully saturated rings. The van der Waals surface area contributed by atoms with Gasteiger partial charge in [-0.1, -0.05) is 47.5 Å². The molecule has 1 atom stereocenters. The van der Waals surface area contributed by atoms with Gasteiger partial charge in [0.05, 0.1) is 15.7 Å². The molecule has 19 heavy (non-hydrogen) atoms. The third kappa shape index (κ3) is 2.71. The number of anilines is 1. The first kappa shape index (κ1) is 13.2. The van der Waals surface area contributed by atoms with Crippen LogP contribution in [0, 0.1) is 0 Å². The molecule has 2 aromatic rings. The highest BCUT2D eigenvalue weighted by molar-refractivity contribution is 7.99. The molecular formula is C15H13Cl2NS. The fraction of sp³-hybridized carbons (Fsp3) is 0.200. The minimum atomic E-state index is 0.508. The van der Waals surface area contributed by atoms with Gasteiger partial charge in [-0.15, -0.1) is 11.8 Å². The molecule has 0 saturated carbocycles. The van der Waals surface area contributed by atoms with Gasteiger partial charge in [-0.25, -0.2) is 0 Å². The molecule has 3 rings (SSSR count). The van der Waals surface area contributed by atoms with Crippen molar-refractivity contribution in [3.63, 3.8) is 0 Å². The predicted molar refractivity (Wildman–Crippen MR) is 84.9 cm³/mol. The molecule has 0 radical (unpaired) electrons. The van der Waals surface area contributed by atoms with Crippen LogP contribution in [0.2, 0.25) is 10.0 Å². The lowest BCUT2D eigenvalue weighted by atomic mass is 10.0. The standard InChI is InChI=1S/C15H13Cl2NS/c16-12-5-3-6-13(17)15(12)18-8-10-9-19-14-7-2-1-4-11(10)14/h1-7,10,18H,8-9H2. The Morgan fingerprint density at radius 1 is 1.05 bits per heavy atom. The maximum absolute atomic E-state index is 6.16. The first-order valence-corrected chi connectivity index (χ1v) is 7.89. The smallest absolute Gasteiger partial charge is 0.0719 e. The first-order chi connectivity index (χ1) is 9.25. The molecule has 0 aliphatic carbocycles. The zero-order valence-electron chi connectivity index (χ0n) is 10.2. The Labute approximate surface area is 127 Å². The number of para-hydroxylation sites is 1. The highest BCUT2D eigenvalue weighted by Crippen LogP contribution is 2.40. The quantitative estimate of drug-likeness (QED) is 0.826. The highest BCUT2D eigenvalue weighted by Gasteiger charge is 2.22. The second-order valence-corrected chi connectivity index (χ2v) is 6.40. The van der Waals surface area contributed by atoms with Crippen molar-refractivity contribution >= 4 is 40.7 Å². The van der Waals surface area contributed by atoms with E-state index in [-0.39, 0.29) is 0 Å². The van der Waals surface area contributed by atoms with E-state index < -0.39 is 0 Å². The summed E-state index contributed by atoms with van der Waals surface area (Å²) in [5.41, 5.74) is 2.25. The van der Waals surface area contributed by atoms with Gasteiger partial charge in [0, 0.05) is 23.1 Å². The number of halogens is 2. The van der Waals surface area contributed by atoms with Gasteiger partial charge in [-0.05, 0) is 23.8 Å². The summed E-state index contributed by atoms with van der Waals surface area (Å²) in [6, 6.07) is 14.1. The summed E-state index contributed by atoms with van der Waals surface area (Å²) in [5.74, 6) is 1.61. The lowest BCUT2D eigenvalue weighted by molar-refractivity contribution is 0.819. The third-order valence-corrected chi connectivity index (χ3v) is 5.17. The van der Waals surface area contributed by atoms with Gasteiger partial charge in [-0.3, -0.25) is 0 Å². The van der Waals surface area contributed by atoms with Crippen LogP contribution < -0.4 is 5.32 Å². The minimum Gasteiger partial charge on any atom is -0.382 e. The summed E-state index contributed by atoms with van der Waals surface area (Å²) in [7, 11) is 0. The van der Waals surface area contributed by atoms with E-state index in [1.807, 2.05) is 30.0 Å². The van der Waals surface area contributed by atoms with E-state index in [1.54, 1.807) is 0 Å². The Morgan fingerprint density at radius 2 is 1.79 bits per heavy atom. The lowest BCUT2D eigenvalue weighted by Crippen LogP contribution is -2.12. The third-order valence-electron chi connectivity index (χ3n) is 3.29. The molecule has 0 bridgehead atoms. The molecule has 1 aliphatic heterocycles. The van der Waals surface area contributed by atoms with Gasteiger partial charge in [-0.2, -0.15) is 0 Å². The normalized spacial score (nSPS) is 17.3. The summed E-state index contributed by atoms with van der Waals surface area (Å²) >= 11 is 14.2. The molecule has 0 amide bonds. The lowest BCUT2D eigenvalue weighted by Gasteiger charge is -2.15. The summed E-state index contributed by atoms with van der Waals surface area (Å²) < 4.78 is 0. The molecule has 0 aromatic heterocycles. The first-order valence-electron chi connectivity index (χ1n) is 6.15. The summed E-state index contributed by atoms with van der Waals surface area (Å²) in [6.45, 7) is 0.855. The van der Waals surface area contributed by atoms with Crippen LogP contribution in [0.4, 0.5) is 5.69 Å². The summed E-state index contributed by atoms with van der Waals surface area (Å²) in [4.78, 5) is 1.39. The number of thioether (sulfide) groups is 1. The molecule has 1 unspecified atom stereocenters. The summed E-state index contributed by atoms with van der Waals surface area (Å²) in [6.07, 6.45) is 0. The van der Waals surface area contributed by atoms with E-state index in [9.17, 15) is 0 Å². The van der Waals surface area contributed by atoms with Crippen molar-refractivity contribution < 1.29 is 0 Å². The fourth-order valence-corrected chi connectivity index (χ4v) is 4.08. The van der Waals surface area contributed by atoms with Crippen LogP contribution in [0.3, 0.4) is 0 Å². The Kier molecular flexibility index (Phi) is 3.92. The van der Waals surface area contributed by atoms with Gasteiger partial charge in [0.2, 0.25) is 0 Å². The molecular weight excluding hydrogens is 297 g/mol. The molecule has 1 aliphatic rings. The van der Waals surface area contributed by atoms with Crippen molar-refractivity contribution in [2.24, 2.45) is 0 Å². The highest BCUT2D eigenvalue weighted by atomic mass is 35.5. The molecule has 1 nitrogen and oxygen atoms in total. The van der Waals surface area contributed by atoms with Crippen molar-refractivity contribution in [2.75, 3.05) is 17.6 Å². The predicted octanol–water partition coefficient (Wildman–Crippen LogP) is 5.29. The molecule has 1 heterocycles. The zero-order valence-corrected chi connectivity index (χ0v) is 12.5. The molecule has 4 heteroatoms. The van der Waals surface area contributed by atoms with Crippen LogP contribution >= 0.6 is 35.0 Å². The molecule has 2 aromatic carbocycles. The average molecular weight is 310 g/mol. The average Bonchev–Trinajstić information content (AvgIpc) is 2.82. The van der Waals surface area contributed by atoms with E-state index in [4.69, 9.17) is 23.2 Å². The Bertz CT molecular complexity index is 580. The molecule has 0 saturated heterocycles. The van der Waals surface area contributed by atoms with Crippen molar-refractivity contribution in [2.45, 2.75) is 10.8 Å². The van der Waals surface area contributed by atoms with Crippen LogP contribution in [0.15, 0.2) is 47.4 Å². The van der Waals surface area contributed by atoms with Gasteiger partial charge in [0.25, 0.3) is 0 Å². The number of rotatable bonds is 3. The van der Waals surface area contributed by atoms with E-state index in [0.717, 1.165) is 18.0 Å². The Hall–Kier alpha value is -0.830. The largest absolute Gasteiger partial charge is 0.382 e. The van der Waals surface area contributed by atoms with Crippen LogP contribution in [-0.4, -0.2) is 12.3 Å². The van der Waals surface area contributed by atoms with Crippen molar-refractivity contribution in [3.8, 4) is 0 Å². The number of hydrogen-bond acceptors (Lipinski definition) is 2. The van der Waals surface area contributed by atoms with Crippen molar-refractivity contribution in [1.82, 2.24) is 0 Å². The minimum absolute atomic E-state index is 0.508. The molecule has 0 spiro atoms. The van der Waals surface area contributed by atoms with Crippen LogP contribution in [-0.2, 0) is 0 Å². The number of hydrogen-bond donors (Lipinski definition) is 1. The van der Waals surface area contributed by atoms with Crippen LogP contribution in [0.5, 0.6) is 0 Å². The van der Waals surface area contributed by atoms with Crippen LogP contribution in [0.25, 0.3) is 0 Å². The van der Waals surface area contributed by atoms with Crippen LogP contribution in [0.1, 0.15) is 11.5 Å². The number of fused-ring (bicyclic) bond motifs is 1. The second-order valence-electron chi connectivity index (χ2n) is 4.52. The maximum Gasteiger partial charge on any atom is 0.0719 e. The number of nitrogens with one attached hydrogen (secondary N) is 1. The fourth-order valence-electron chi connectivity index (χ4n) is 2.29. The SMILES string of the molecule is Clc1cccc(Cl)c1NCC1CSc2ccccc21. The van der Waals surface area contributed by atoms with E-state index >= 15 is 0 Å². The second kappa shape index (κ2) is 5.66. The topological polar surface area (TPSA) is 12.0 Å².